The minimum absolute atomic E-state index is 0.0226. The molecule has 0 rings (SSSR count). The maximum atomic E-state index is 11.0. The first-order valence-electron chi connectivity index (χ1n) is 4.78. The summed E-state index contributed by atoms with van der Waals surface area (Å²) < 4.78 is 0. The molecule has 2 N–H and O–H groups in total. The van der Waals surface area contributed by atoms with E-state index in [0.717, 1.165) is 13.0 Å². The highest BCUT2D eigenvalue weighted by molar-refractivity contribution is 5.77. The summed E-state index contributed by atoms with van der Waals surface area (Å²) in [4.78, 5) is 16.0. The molecule has 0 radical (unpaired) electrons. The average Bonchev–Trinajstić information content (AvgIpc) is 2.08. The molecule has 0 saturated carbocycles. The Balaban J connectivity index is 3.17. The van der Waals surface area contributed by atoms with Gasteiger partial charge in [0, 0.05) is 6.54 Å². The number of nitrogens with one attached hydrogen (secondary N) is 2. The van der Waals surface area contributed by atoms with Crippen molar-refractivity contribution in [3.05, 3.63) is 0 Å². The Labute approximate surface area is 80.0 Å². The van der Waals surface area contributed by atoms with Gasteiger partial charge in [0.2, 0.25) is 5.91 Å². The molecule has 0 aliphatic heterocycles. The van der Waals surface area contributed by atoms with Crippen LogP contribution in [0.4, 0.5) is 0 Å². The highest BCUT2D eigenvalue weighted by atomic mass is 16.6. The molecule has 0 heterocycles. The summed E-state index contributed by atoms with van der Waals surface area (Å²) in [5.41, 5.74) is 2.61. The van der Waals surface area contributed by atoms with Gasteiger partial charge in [0.15, 0.2) is 0 Å². The van der Waals surface area contributed by atoms with Crippen molar-refractivity contribution in [2.45, 2.75) is 27.2 Å². The van der Waals surface area contributed by atoms with Gasteiger partial charge in [-0.1, -0.05) is 20.8 Å². The zero-order valence-corrected chi connectivity index (χ0v) is 8.72. The van der Waals surface area contributed by atoms with Crippen molar-refractivity contribution in [3.63, 3.8) is 0 Å². The third-order valence-electron chi connectivity index (χ3n) is 1.32. The maximum absolute atomic E-state index is 11.0. The molecule has 1 amide bonds. The molecule has 0 aromatic heterocycles. The Morgan fingerprint density at radius 2 is 2.15 bits per heavy atom. The lowest BCUT2D eigenvalue weighted by Gasteiger charge is -2.07. The van der Waals surface area contributed by atoms with Crippen molar-refractivity contribution in [1.29, 1.82) is 0 Å². The number of hydrogen-bond acceptors (Lipinski definition) is 3. The summed E-state index contributed by atoms with van der Waals surface area (Å²) >= 11 is 0. The Morgan fingerprint density at radius 3 is 2.69 bits per heavy atom. The van der Waals surface area contributed by atoms with Crippen LogP contribution in [-0.2, 0) is 9.63 Å². The summed E-state index contributed by atoms with van der Waals surface area (Å²) in [5.74, 6) is 0.455. The predicted octanol–water partition coefficient (Wildman–Crippen LogP) is 0.690. The average molecular weight is 188 g/mol. The van der Waals surface area contributed by atoms with Gasteiger partial charge in [-0.15, -0.1) is 0 Å². The fourth-order valence-corrected chi connectivity index (χ4v) is 0.669. The van der Waals surface area contributed by atoms with Crippen LogP contribution < -0.4 is 10.8 Å². The normalized spacial score (nSPS) is 10.5. The van der Waals surface area contributed by atoms with E-state index in [-0.39, 0.29) is 12.5 Å². The lowest BCUT2D eigenvalue weighted by Crippen LogP contribution is -2.34. The van der Waals surface area contributed by atoms with Gasteiger partial charge < -0.3 is 10.2 Å². The van der Waals surface area contributed by atoms with E-state index in [1.807, 2.05) is 6.92 Å². The van der Waals surface area contributed by atoms with Gasteiger partial charge in [-0.05, 0) is 12.3 Å². The van der Waals surface area contributed by atoms with E-state index >= 15 is 0 Å². The summed E-state index contributed by atoms with van der Waals surface area (Å²) in [6.45, 7) is 7.71. The van der Waals surface area contributed by atoms with Crippen molar-refractivity contribution in [2.75, 3.05) is 19.7 Å². The van der Waals surface area contributed by atoms with Crippen LogP contribution in [0, 0.1) is 5.92 Å². The van der Waals surface area contributed by atoms with Crippen molar-refractivity contribution < 1.29 is 9.63 Å². The number of hydrogen-bond donors (Lipinski definition) is 2. The lowest BCUT2D eigenvalue weighted by atomic mass is 10.2. The SMILES string of the molecule is CCCNC(=O)CNOCC(C)C. The molecule has 0 fully saturated rings. The summed E-state index contributed by atoms with van der Waals surface area (Å²) in [5, 5.41) is 2.74. The van der Waals surface area contributed by atoms with Crippen LogP contribution in [0.15, 0.2) is 0 Å². The van der Waals surface area contributed by atoms with Gasteiger partial charge in [-0.3, -0.25) is 4.79 Å². The highest BCUT2D eigenvalue weighted by Gasteiger charge is 1.99. The van der Waals surface area contributed by atoms with Crippen LogP contribution in [0.2, 0.25) is 0 Å². The van der Waals surface area contributed by atoms with Gasteiger partial charge >= 0.3 is 0 Å². The number of rotatable bonds is 7. The van der Waals surface area contributed by atoms with Crippen LogP contribution in [-0.4, -0.2) is 25.6 Å². The van der Waals surface area contributed by atoms with Crippen molar-refractivity contribution >= 4 is 5.91 Å². The van der Waals surface area contributed by atoms with Crippen LogP contribution in [0.25, 0.3) is 0 Å². The molecule has 78 valence electrons. The summed E-state index contributed by atoms with van der Waals surface area (Å²) in [6.07, 6.45) is 0.957. The summed E-state index contributed by atoms with van der Waals surface area (Å²) in [7, 11) is 0. The first kappa shape index (κ1) is 12.4. The van der Waals surface area contributed by atoms with E-state index in [1.54, 1.807) is 0 Å². The third kappa shape index (κ3) is 9.30. The molecule has 0 saturated heterocycles. The second-order valence-electron chi connectivity index (χ2n) is 3.38. The Morgan fingerprint density at radius 1 is 1.46 bits per heavy atom. The number of hydroxylamine groups is 1. The zero-order valence-electron chi connectivity index (χ0n) is 8.72. The van der Waals surface area contributed by atoms with Gasteiger partial charge in [0.1, 0.15) is 0 Å². The molecule has 0 bridgehead atoms. The van der Waals surface area contributed by atoms with Crippen LogP contribution in [0.1, 0.15) is 27.2 Å². The number of amides is 1. The quantitative estimate of drug-likeness (QED) is 0.456. The Bertz CT molecular complexity index is 138. The monoisotopic (exact) mass is 188 g/mol. The molecule has 4 heteroatoms. The number of carbonyl (C=O) groups excluding carboxylic acids is 1. The molecule has 0 aromatic carbocycles. The molecule has 4 nitrogen and oxygen atoms in total. The fraction of sp³-hybridized carbons (Fsp3) is 0.889. The van der Waals surface area contributed by atoms with E-state index in [9.17, 15) is 4.79 Å². The molecular formula is C9H20N2O2. The van der Waals surface area contributed by atoms with Gasteiger partial charge in [0.05, 0.1) is 13.2 Å². The maximum Gasteiger partial charge on any atom is 0.236 e. The minimum Gasteiger partial charge on any atom is -0.355 e. The Kier molecular flexibility index (Phi) is 7.63. The van der Waals surface area contributed by atoms with Crippen molar-refractivity contribution in [3.8, 4) is 0 Å². The highest BCUT2D eigenvalue weighted by Crippen LogP contribution is 1.88. The largest absolute Gasteiger partial charge is 0.355 e. The van der Waals surface area contributed by atoms with E-state index in [2.05, 4.69) is 24.6 Å². The van der Waals surface area contributed by atoms with Gasteiger partial charge in [-0.2, -0.15) is 5.48 Å². The molecule has 0 aliphatic rings. The number of carbonyl (C=O) groups is 1. The first-order chi connectivity index (χ1) is 6.16. The second kappa shape index (κ2) is 8.01. The van der Waals surface area contributed by atoms with E-state index < -0.39 is 0 Å². The smallest absolute Gasteiger partial charge is 0.236 e. The molecule has 0 unspecified atom stereocenters. The van der Waals surface area contributed by atoms with E-state index in [0.29, 0.717) is 12.5 Å². The van der Waals surface area contributed by atoms with Crippen molar-refractivity contribution in [2.24, 2.45) is 5.92 Å². The van der Waals surface area contributed by atoms with Crippen LogP contribution >= 0.6 is 0 Å². The topological polar surface area (TPSA) is 50.4 Å². The van der Waals surface area contributed by atoms with Crippen LogP contribution in [0.5, 0.6) is 0 Å². The van der Waals surface area contributed by atoms with E-state index in [4.69, 9.17) is 4.84 Å². The third-order valence-corrected chi connectivity index (χ3v) is 1.32. The summed E-state index contributed by atoms with van der Waals surface area (Å²) in [6, 6.07) is 0. The Hall–Kier alpha value is -0.610. The van der Waals surface area contributed by atoms with Gasteiger partial charge in [-0.25, -0.2) is 0 Å². The standard InChI is InChI=1S/C9H20N2O2/c1-4-5-10-9(12)6-11-13-7-8(2)3/h8,11H,4-7H2,1-3H3,(H,10,12). The second-order valence-corrected chi connectivity index (χ2v) is 3.38. The predicted molar refractivity (Wildman–Crippen MR) is 52.1 cm³/mol. The van der Waals surface area contributed by atoms with Crippen LogP contribution in [0.3, 0.4) is 0 Å². The fourth-order valence-electron chi connectivity index (χ4n) is 0.669. The molecule has 13 heavy (non-hydrogen) atoms. The van der Waals surface area contributed by atoms with Crippen molar-refractivity contribution in [1.82, 2.24) is 10.8 Å². The first-order valence-corrected chi connectivity index (χ1v) is 4.78. The zero-order chi connectivity index (χ0) is 10.1. The molecule has 0 aromatic rings. The lowest BCUT2D eigenvalue weighted by molar-refractivity contribution is -0.123. The molecule has 0 spiro atoms. The van der Waals surface area contributed by atoms with Gasteiger partial charge in [0.25, 0.3) is 0 Å². The minimum atomic E-state index is -0.0226. The van der Waals surface area contributed by atoms with E-state index in [1.165, 1.54) is 0 Å². The molecule has 0 aliphatic carbocycles. The molecule has 0 atom stereocenters. The molecular weight excluding hydrogens is 168 g/mol.